The number of nitrogens with one attached hydrogen (secondary N) is 1. The molecule has 1 aromatic heterocycles. The Balaban J connectivity index is 1.47. The van der Waals surface area contributed by atoms with Gasteiger partial charge in [-0.15, -0.1) is 11.8 Å². The van der Waals surface area contributed by atoms with Gasteiger partial charge in [0, 0.05) is 29.1 Å². The van der Waals surface area contributed by atoms with Crippen LogP contribution < -0.4 is 5.32 Å². The van der Waals surface area contributed by atoms with E-state index in [1.54, 1.807) is 6.07 Å². The van der Waals surface area contributed by atoms with Crippen molar-refractivity contribution in [2.75, 3.05) is 18.1 Å². The second-order valence-electron chi connectivity index (χ2n) is 8.37. The van der Waals surface area contributed by atoms with Gasteiger partial charge in [-0.05, 0) is 44.0 Å². The van der Waals surface area contributed by atoms with Crippen LogP contribution in [0.25, 0.3) is 10.9 Å². The van der Waals surface area contributed by atoms with Crippen molar-refractivity contribution >= 4 is 40.2 Å². The Morgan fingerprint density at radius 1 is 1.03 bits per heavy atom. The number of carbonyl (C=O) groups excluding carboxylic acids is 2. The summed E-state index contributed by atoms with van der Waals surface area (Å²) in [7, 11) is 1.91. The normalized spacial score (nSPS) is 14.3. The summed E-state index contributed by atoms with van der Waals surface area (Å²) < 4.78 is 0. The molecular formula is C26H29N3O2S. The van der Waals surface area contributed by atoms with E-state index in [4.69, 9.17) is 0 Å². The van der Waals surface area contributed by atoms with Gasteiger partial charge in [0.05, 0.1) is 22.5 Å². The Labute approximate surface area is 193 Å². The maximum Gasteiger partial charge on any atom is 0.256 e. The van der Waals surface area contributed by atoms with E-state index in [1.807, 2.05) is 67.4 Å². The van der Waals surface area contributed by atoms with Crippen molar-refractivity contribution in [2.45, 2.75) is 50.0 Å². The van der Waals surface area contributed by atoms with Gasteiger partial charge in [0.1, 0.15) is 0 Å². The highest BCUT2D eigenvalue weighted by Crippen LogP contribution is 2.27. The van der Waals surface area contributed by atoms with Crippen molar-refractivity contribution in [1.82, 2.24) is 9.88 Å². The summed E-state index contributed by atoms with van der Waals surface area (Å²) in [6.07, 6.45) is 5.83. The molecule has 6 heteroatoms. The van der Waals surface area contributed by atoms with Crippen molar-refractivity contribution in [1.29, 1.82) is 0 Å². The van der Waals surface area contributed by atoms with Crippen molar-refractivity contribution in [3.63, 3.8) is 0 Å². The SMILES string of the molecule is Cc1ccc2cccc(NC(=O)c3ccccc3SCC(=O)N(C)C3CCCCC3)c2n1. The molecule has 0 aliphatic heterocycles. The summed E-state index contributed by atoms with van der Waals surface area (Å²) in [6.45, 7) is 1.94. The number of benzene rings is 2. The van der Waals surface area contributed by atoms with Crippen LogP contribution in [-0.4, -0.2) is 40.5 Å². The smallest absolute Gasteiger partial charge is 0.256 e. The van der Waals surface area contributed by atoms with Crippen LogP contribution >= 0.6 is 11.8 Å². The number of hydrogen-bond acceptors (Lipinski definition) is 4. The number of para-hydroxylation sites is 1. The highest BCUT2D eigenvalue weighted by Gasteiger charge is 2.22. The number of aromatic nitrogens is 1. The summed E-state index contributed by atoms with van der Waals surface area (Å²) in [5.74, 6) is 0.245. The number of hydrogen-bond donors (Lipinski definition) is 1. The molecule has 0 atom stereocenters. The van der Waals surface area contributed by atoms with Crippen LogP contribution in [0.15, 0.2) is 59.5 Å². The Bertz CT molecular complexity index is 1130. The van der Waals surface area contributed by atoms with Crippen LogP contribution in [0, 0.1) is 6.92 Å². The fourth-order valence-electron chi connectivity index (χ4n) is 4.23. The van der Waals surface area contributed by atoms with Gasteiger partial charge in [-0.1, -0.05) is 49.6 Å². The summed E-state index contributed by atoms with van der Waals surface area (Å²) in [5.41, 5.74) is 2.92. The first-order valence-corrected chi connectivity index (χ1v) is 12.2. The van der Waals surface area contributed by atoms with Gasteiger partial charge in [0.25, 0.3) is 5.91 Å². The molecule has 0 unspecified atom stereocenters. The Morgan fingerprint density at radius 2 is 1.81 bits per heavy atom. The lowest BCUT2D eigenvalue weighted by Crippen LogP contribution is -2.39. The molecule has 0 radical (unpaired) electrons. The fraction of sp³-hybridized carbons (Fsp3) is 0.346. The lowest BCUT2D eigenvalue weighted by Gasteiger charge is -2.31. The molecule has 3 aromatic rings. The third kappa shape index (κ3) is 5.13. The predicted molar refractivity (Wildman–Crippen MR) is 131 cm³/mol. The van der Waals surface area contributed by atoms with Gasteiger partial charge in [-0.25, -0.2) is 0 Å². The van der Waals surface area contributed by atoms with Crippen molar-refractivity contribution in [3.05, 3.63) is 65.9 Å². The summed E-state index contributed by atoms with van der Waals surface area (Å²) in [6, 6.07) is 17.5. The summed E-state index contributed by atoms with van der Waals surface area (Å²) >= 11 is 1.42. The number of pyridine rings is 1. The zero-order valence-corrected chi connectivity index (χ0v) is 19.5. The first-order chi connectivity index (χ1) is 15.5. The molecule has 2 aromatic carbocycles. The second-order valence-corrected chi connectivity index (χ2v) is 9.38. The molecule has 1 aliphatic carbocycles. The van der Waals surface area contributed by atoms with E-state index in [-0.39, 0.29) is 11.8 Å². The minimum atomic E-state index is -0.197. The van der Waals surface area contributed by atoms with Crippen LogP contribution in [0.3, 0.4) is 0 Å². The van der Waals surface area contributed by atoms with Gasteiger partial charge < -0.3 is 10.2 Å². The lowest BCUT2D eigenvalue weighted by atomic mass is 9.94. The van der Waals surface area contributed by atoms with Crippen molar-refractivity contribution in [3.8, 4) is 0 Å². The average molecular weight is 448 g/mol. The van der Waals surface area contributed by atoms with Crippen LogP contribution in [0.4, 0.5) is 5.69 Å². The maximum absolute atomic E-state index is 13.1. The first-order valence-electron chi connectivity index (χ1n) is 11.2. The number of carbonyl (C=O) groups is 2. The van der Waals surface area contributed by atoms with E-state index in [0.29, 0.717) is 23.0 Å². The van der Waals surface area contributed by atoms with Gasteiger partial charge in [0.15, 0.2) is 0 Å². The van der Waals surface area contributed by atoms with Gasteiger partial charge in [0.2, 0.25) is 5.91 Å². The summed E-state index contributed by atoms with van der Waals surface area (Å²) in [5, 5.41) is 4.00. The van der Waals surface area contributed by atoms with E-state index in [0.717, 1.165) is 34.3 Å². The monoisotopic (exact) mass is 447 g/mol. The quantitative estimate of drug-likeness (QED) is 0.494. The largest absolute Gasteiger partial charge is 0.342 e. The average Bonchev–Trinajstić information content (AvgIpc) is 2.83. The minimum absolute atomic E-state index is 0.117. The molecule has 0 saturated heterocycles. The molecule has 1 N–H and O–H groups in total. The number of amides is 2. The maximum atomic E-state index is 13.1. The zero-order chi connectivity index (χ0) is 22.5. The summed E-state index contributed by atoms with van der Waals surface area (Å²) in [4.78, 5) is 33.2. The Hall–Kier alpha value is -2.86. The van der Waals surface area contributed by atoms with E-state index in [1.165, 1.54) is 31.0 Å². The molecule has 5 nitrogen and oxygen atoms in total. The molecule has 1 saturated carbocycles. The van der Waals surface area contributed by atoms with Crippen molar-refractivity contribution in [2.24, 2.45) is 0 Å². The number of rotatable bonds is 6. The zero-order valence-electron chi connectivity index (χ0n) is 18.6. The number of fused-ring (bicyclic) bond motifs is 1. The minimum Gasteiger partial charge on any atom is -0.342 e. The second kappa shape index (κ2) is 10.2. The molecule has 1 fully saturated rings. The molecule has 32 heavy (non-hydrogen) atoms. The standard InChI is InChI=1S/C26H29N3O2S/c1-18-15-16-19-9-8-13-22(25(19)27-18)28-26(31)21-12-6-7-14-23(21)32-17-24(30)29(2)20-10-4-3-5-11-20/h6-9,12-16,20H,3-5,10-11,17H2,1-2H3,(H,28,31). The topological polar surface area (TPSA) is 62.3 Å². The van der Waals surface area contributed by atoms with Crippen LogP contribution in [0.1, 0.15) is 48.2 Å². The number of nitrogens with zero attached hydrogens (tertiary/aromatic N) is 2. The van der Waals surface area contributed by atoms with Crippen LogP contribution in [0.2, 0.25) is 0 Å². The molecule has 1 aliphatic rings. The highest BCUT2D eigenvalue weighted by atomic mass is 32.2. The number of anilines is 1. The third-order valence-corrected chi connectivity index (χ3v) is 7.16. The molecule has 0 spiro atoms. The lowest BCUT2D eigenvalue weighted by molar-refractivity contribution is -0.129. The Kier molecular flexibility index (Phi) is 7.10. The van der Waals surface area contributed by atoms with E-state index in [9.17, 15) is 9.59 Å². The third-order valence-electron chi connectivity index (χ3n) is 6.11. The van der Waals surface area contributed by atoms with E-state index in [2.05, 4.69) is 10.3 Å². The molecule has 0 bridgehead atoms. The molecule has 2 amide bonds. The molecule has 4 rings (SSSR count). The number of thioether (sulfide) groups is 1. The van der Waals surface area contributed by atoms with Crippen LogP contribution in [0.5, 0.6) is 0 Å². The molecule has 166 valence electrons. The van der Waals surface area contributed by atoms with E-state index < -0.39 is 0 Å². The molecule has 1 heterocycles. The fourth-order valence-corrected chi connectivity index (χ4v) is 5.20. The van der Waals surface area contributed by atoms with Crippen molar-refractivity contribution < 1.29 is 9.59 Å². The number of aryl methyl sites for hydroxylation is 1. The van der Waals surface area contributed by atoms with E-state index >= 15 is 0 Å². The first kappa shape index (κ1) is 22.3. The van der Waals surface area contributed by atoms with Gasteiger partial charge in [-0.3, -0.25) is 14.6 Å². The highest BCUT2D eigenvalue weighted by molar-refractivity contribution is 8.00. The van der Waals surface area contributed by atoms with Gasteiger partial charge >= 0.3 is 0 Å². The Morgan fingerprint density at radius 3 is 2.62 bits per heavy atom. The van der Waals surface area contributed by atoms with Crippen LogP contribution in [-0.2, 0) is 4.79 Å². The predicted octanol–water partition coefficient (Wildman–Crippen LogP) is 5.68. The molecular weight excluding hydrogens is 418 g/mol. The van der Waals surface area contributed by atoms with Gasteiger partial charge in [-0.2, -0.15) is 0 Å².